The van der Waals surface area contributed by atoms with Gasteiger partial charge in [-0.15, -0.1) is 0 Å². The highest BCUT2D eigenvalue weighted by Crippen LogP contribution is 2.15. The van der Waals surface area contributed by atoms with Crippen LogP contribution in [0.15, 0.2) is 0 Å². The Bertz CT molecular complexity index is 439. The van der Waals surface area contributed by atoms with Crippen molar-refractivity contribution >= 4 is 34.8 Å². The van der Waals surface area contributed by atoms with Crippen molar-refractivity contribution in [1.29, 1.82) is 0 Å². The first-order valence-electron chi connectivity index (χ1n) is 11.4. The van der Waals surface area contributed by atoms with E-state index in [-0.39, 0.29) is 11.7 Å². The summed E-state index contributed by atoms with van der Waals surface area (Å²) in [5.41, 5.74) is 5.58. The van der Waals surface area contributed by atoms with Gasteiger partial charge in [0.2, 0.25) is 7.85 Å². The summed E-state index contributed by atoms with van der Waals surface area (Å²) in [6.45, 7) is 9.30. The van der Waals surface area contributed by atoms with E-state index in [1.807, 2.05) is 9.71 Å². The molecule has 1 amide bonds. The lowest BCUT2D eigenvalue weighted by Crippen LogP contribution is -2.48. The molecule has 0 spiro atoms. The standard InChI is InChI=1S/C17H43B4N5O4/c1-19(28)23-10-12-25(17(18)27)14-16(8-6-4-5-7-9-22)15-26(21(3)30)13-11-24-20(2)29/h16,23-24,28-30H,4-15,18,22H2,1-3H3. The third-order valence-electron chi connectivity index (χ3n) is 5.17. The first-order valence-corrected chi connectivity index (χ1v) is 11.4. The van der Waals surface area contributed by atoms with Gasteiger partial charge in [0.05, 0.1) is 0 Å². The fourth-order valence-electron chi connectivity index (χ4n) is 3.45. The fourth-order valence-corrected chi connectivity index (χ4v) is 3.45. The van der Waals surface area contributed by atoms with Crippen molar-refractivity contribution < 1.29 is 19.9 Å². The maximum absolute atomic E-state index is 12.2. The van der Waals surface area contributed by atoms with Crippen LogP contribution in [0.4, 0.5) is 4.79 Å². The van der Waals surface area contributed by atoms with Crippen LogP contribution in [0.2, 0.25) is 20.5 Å². The quantitative estimate of drug-likeness (QED) is 0.108. The molecule has 0 aromatic heterocycles. The summed E-state index contributed by atoms with van der Waals surface area (Å²) in [6.07, 6.45) is 5.26. The zero-order valence-corrected chi connectivity index (χ0v) is 19.5. The maximum Gasteiger partial charge on any atom is 0.376 e. The van der Waals surface area contributed by atoms with Crippen molar-refractivity contribution in [3.63, 3.8) is 0 Å². The predicted octanol–water partition coefficient (Wildman–Crippen LogP) is -1.62. The van der Waals surface area contributed by atoms with Gasteiger partial charge in [0.1, 0.15) is 0 Å². The molecule has 1 atom stereocenters. The molecule has 0 saturated heterocycles. The number of nitrogens with two attached hydrogens (primary N) is 1. The van der Waals surface area contributed by atoms with Gasteiger partial charge in [-0.3, -0.25) is 4.79 Å². The van der Waals surface area contributed by atoms with Crippen LogP contribution in [0, 0.1) is 5.92 Å². The second-order valence-electron chi connectivity index (χ2n) is 8.21. The van der Waals surface area contributed by atoms with Gasteiger partial charge in [-0.1, -0.05) is 19.3 Å². The lowest BCUT2D eigenvalue weighted by molar-refractivity contribution is 0.197. The molecule has 0 bridgehead atoms. The minimum atomic E-state index is -0.608. The number of carbonyl (C=O) groups is 1. The van der Waals surface area contributed by atoms with E-state index < -0.39 is 21.2 Å². The Labute approximate surface area is 185 Å². The molecule has 13 heteroatoms. The van der Waals surface area contributed by atoms with Crippen LogP contribution in [0.25, 0.3) is 0 Å². The van der Waals surface area contributed by atoms with Crippen LogP contribution in [-0.4, -0.2) is 105 Å². The summed E-state index contributed by atoms with van der Waals surface area (Å²) < 4.78 is 0. The van der Waals surface area contributed by atoms with Crippen molar-refractivity contribution in [3.8, 4) is 0 Å². The number of hydrogen-bond donors (Lipinski definition) is 6. The lowest BCUT2D eigenvalue weighted by Gasteiger charge is -2.32. The van der Waals surface area contributed by atoms with E-state index in [2.05, 4.69) is 10.5 Å². The van der Waals surface area contributed by atoms with Crippen LogP contribution >= 0.6 is 0 Å². The van der Waals surface area contributed by atoms with Gasteiger partial charge in [-0.05, 0) is 58.9 Å². The first kappa shape index (κ1) is 29.4. The molecule has 30 heavy (non-hydrogen) atoms. The highest BCUT2D eigenvalue weighted by Gasteiger charge is 2.23. The van der Waals surface area contributed by atoms with Crippen molar-refractivity contribution in [2.24, 2.45) is 11.7 Å². The number of rotatable bonds is 19. The molecule has 0 radical (unpaired) electrons. The SMILES string of the molecule is BC(=O)N(CCNB(C)O)CC(CCCCCCN)CN(CCNB(C)O)B(C)O. The van der Waals surface area contributed by atoms with Crippen molar-refractivity contribution in [2.75, 3.05) is 45.8 Å². The monoisotopic (exact) mass is 425 g/mol. The molecule has 0 aliphatic rings. The number of hydrogen-bond acceptors (Lipinski definition) is 8. The fraction of sp³-hybridized carbons (Fsp3) is 0.941. The summed E-state index contributed by atoms with van der Waals surface area (Å²) in [5.74, 6) is 0.231. The molecular formula is C17H43B4N5O4. The van der Waals surface area contributed by atoms with E-state index in [1.54, 1.807) is 28.3 Å². The molecule has 0 aromatic rings. The van der Waals surface area contributed by atoms with E-state index in [1.165, 1.54) is 0 Å². The van der Waals surface area contributed by atoms with E-state index in [9.17, 15) is 19.9 Å². The largest absolute Gasteiger partial charge is 0.437 e. The Kier molecular flexibility index (Phi) is 17.7. The average molecular weight is 425 g/mol. The van der Waals surface area contributed by atoms with Gasteiger partial charge in [0, 0.05) is 26.2 Å². The smallest absolute Gasteiger partial charge is 0.376 e. The van der Waals surface area contributed by atoms with Crippen molar-refractivity contribution in [3.05, 3.63) is 0 Å². The highest BCUT2D eigenvalue weighted by atomic mass is 16.2. The van der Waals surface area contributed by atoms with E-state index in [0.717, 1.165) is 32.1 Å². The molecule has 9 nitrogen and oxygen atoms in total. The highest BCUT2D eigenvalue weighted by molar-refractivity contribution is 6.56. The predicted molar refractivity (Wildman–Crippen MR) is 130 cm³/mol. The topological polar surface area (TPSA) is 134 Å². The molecular weight excluding hydrogens is 381 g/mol. The van der Waals surface area contributed by atoms with Crippen molar-refractivity contribution in [1.82, 2.24) is 20.2 Å². The summed E-state index contributed by atoms with van der Waals surface area (Å²) >= 11 is 0. The molecule has 1 unspecified atom stereocenters. The van der Waals surface area contributed by atoms with Crippen LogP contribution in [0.5, 0.6) is 0 Å². The van der Waals surface area contributed by atoms with Gasteiger partial charge in [0.25, 0.3) is 0 Å². The minimum absolute atomic E-state index is 0.00916. The van der Waals surface area contributed by atoms with Gasteiger partial charge in [-0.2, -0.15) is 0 Å². The minimum Gasteiger partial charge on any atom is -0.437 e. The number of carbonyl (C=O) groups excluding carboxylic acids is 1. The third kappa shape index (κ3) is 16.2. The molecule has 172 valence electrons. The maximum atomic E-state index is 12.2. The molecule has 0 aromatic carbocycles. The number of unbranched alkanes of at least 4 members (excludes halogenated alkanes) is 3. The second kappa shape index (κ2) is 18.1. The van der Waals surface area contributed by atoms with Gasteiger partial charge in [0.15, 0.2) is 5.81 Å². The van der Waals surface area contributed by atoms with Crippen molar-refractivity contribution in [2.45, 2.75) is 52.6 Å². The summed E-state index contributed by atoms with van der Waals surface area (Å²) in [6, 6.07) is 0. The molecule has 0 aliphatic heterocycles. The second-order valence-corrected chi connectivity index (χ2v) is 8.21. The molecule has 0 saturated carbocycles. The average Bonchev–Trinajstić information content (AvgIpc) is 2.64. The number of amides is 1. The number of nitrogens with zero attached hydrogens (tertiary/aromatic N) is 2. The normalized spacial score (nSPS) is 12.1. The Morgan fingerprint density at radius 1 is 0.967 bits per heavy atom. The van der Waals surface area contributed by atoms with E-state index in [4.69, 9.17) is 5.73 Å². The zero-order chi connectivity index (χ0) is 22.9. The van der Waals surface area contributed by atoms with Crippen LogP contribution in [-0.2, 0) is 0 Å². The Balaban J connectivity index is 4.94. The molecule has 0 rings (SSSR count). The van der Waals surface area contributed by atoms with E-state index in [0.29, 0.717) is 45.8 Å². The summed E-state index contributed by atoms with van der Waals surface area (Å²) in [4.78, 5) is 16.0. The zero-order valence-electron chi connectivity index (χ0n) is 19.5. The molecule has 0 fully saturated rings. The number of nitrogens with one attached hydrogen (secondary N) is 2. The molecule has 0 aliphatic carbocycles. The Morgan fingerprint density at radius 2 is 1.53 bits per heavy atom. The van der Waals surface area contributed by atoms with Gasteiger partial charge < -0.3 is 41.0 Å². The molecule has 7 N–H and O–H groups in total. The lowest BCUT2D eigenvalue weighted by atomic mass is 9.82. The summed E-state index contributed by atoms with van der Waals surface area (Å²) in [5, 5.41) is 34.9. The summed E-state index contributed by atoms with van der Waals surface area (Å²) in [7, 11) is -0.235. The van der Waals surface area contributed by atoms with Crippen LogP contribution in [0.3, 0.4) is 0 Å². The first-order chi connectivity index (χ1) is 14.2. The van der Waals surface area contributed by atoms with E-state index >= 15 is 0 Å². The van der Waals surface area contributed by atoms with Gasteiger partial charge in [-0.25, -0.2) is 0 Å². The molecule has 0 heterocycles. The Hall–Kier alpha value is -0.550. The van der Waals surface area contributed by atoms with Gasteiger partial charge >= 0.3 is 21.2 Å². The Morgan fingerprint density at radius 3 is 2.03 bits per heavy atom. The van der Waals surface area contributed by atoms with Crippen LogP contribution in [0.1, 0.15) is 32.1 Å². The van der Waals surface area contributed by atoms with Crippen LogP contribution < -0.4 is 16.2 Å². The third-order valence-corrected chi connectivity index (χ3v) is 5.17.